The Balaban J connectivity index is 0.987. The lowest BCUT2D eigenvalue weighted by Gasteiger charge is -2.27. The Morgan fingerprint density at radius 2 is 0.917 bits per heavy atom. The maximum absolute atomic E-state index is 13.9. The second-order valence-electron chi connectivity index (χ2n) is 17.3. The van der Waals surface area contributed by atoms with Crippen LogP contribution in [0.3, 0.4) is 0 Å². The SMILES string of the molecule is O=C(Nc1ccc(CCc2ccc(NC(=O)c3ccc(OCC4CCCO4)c(S(=O)(=O)N4CCOCC4)c3)cc2S(=O)(=O)O)c(S(=O)(=O)O)c1)c1ccc(OCC2CCCO2)c(S(=O)(=O)N2CCOCC2)c1. The van der Waals surface area contributed by atoms with Gasteiger partial charge in [0.25, 0.3) is 32.1 Å². The number of benzene rings is 4. The third-order valence-corrected chi connectivity index (χ3v) is 18.1. The van der Waals surface area contributed by atoms with Crippen LogP contribution in [0.4, 0.5) is 11.4 Å². The molecule has 22 nitrogen and oxygen atoms in total. The van der Waals surface area contributed by atoms with Crippen LogP contribution in [0.2, 0.25) is 0 Å². The summed E-state index contributed by atoms with van der Waals surface area (Å²) in [5.41, 5.74) is -0.443. The Morgan fingerprint density at radius 3 is 1.26 bits per heavy atom. The molecule has 4 aromatic carbocycles. The van der Waals surface area contributed by atoms with Gasteiger partial charge in [0.15, 0.2) is 0 Å². The third-order valence-electron chi connectivity index (χ3n) is 12.4. The van der Waals surface area contributed by atoms with Gasteiger partial charge in [0.1, 0.15) is 34.5 Å². The maximum Gasteiger partial charge on any atom is 0.294 e. The van der Waals surface area contributed by atoms with Gasteiger partial charge in [-0.15, -0.1) is 0 Å². The van der Waals surface area contributed by atoms with E-state index >= 15 is 0 Å². The Hall–Kier alpha value is -5.10. The molecule has 4 aliphatic heterocycles. The van der Waals surface area contributed by atoms with Crippen LogP contribution in [0.5, 0.6) is 11.5 Å². The van der Waals surface area contributed by atoms with E-state index in [0.717, 1.165) is 49.9 Å². The van der Waals surface area contributed by atoms with Gasteiger partial charge < -0.3 is 39.1 Å². The standard InChI is InChI=1S/C46H54N4O18S4/c51-45(33-9-13-39(67-29-37-3-1-19-65-37)43(25-33)69(53,54)49-15-21-63-22-16-49)47-35-11-7-31(41(27-35)71(57,58)59)5-6-32-8-12-36(28-42(32)72(60,61)62)48-46(52)34-10-14-40(68-30-38-4-2-20-66-38)44(26-34)70(55,56)50-17-23-64-24-18-50/h7-14,25-28,37-38H,1-6,15-24,29-30H2,(H,47,51)(H,48,52)(H,57,58,59)(H,60,61,62). The van der Waals surface area contributed by atoms with Crippen LogP contribution in [0.1, 0.15) is 57.5 Å². The number of nitrogens with zero attached hydrogens (tertiary/aromatic N) is 2. The van der Waals surface area contributed by atoms with Crippen LogP contribution in [0, 0.1) is 0 Å². The van der Waals surface area contributed by atoms with Crippen LogP contribution < -0.4 is 20.1 Å². The summed E-state index contributed by atoms with van der Waals surface area (Å²) in [6, 6.07) is 14.9. The number of anilines is 2. The molecule has 2 atom stereocenters. The highest BCUT2D eigenvalue weighted by molar-refractivity contribution is 7.89. The van der Waals surface area contributed by atoms with Crippen LogP contribution in [-0.4, -0.2) is 154 Å². The van der Waals surface area contributed by atoms with Gasteiger partial charge >= 0.3 is 0 Å². The van der Waals surface area contributed by atoms with E-state index in [1.165, 1.54) is 57.1 Å². The summed E-state index contributed by atoms with van der Waals surface area (Å²) in [5, 5.41) is 5.07. The van der Waals surface area contributed by atoms with Gasteiger partial charge in [0.2, 0.25) is 20.0 Å². The Morgan fingerprint density at radius 1 is 0.528 bits per heavy atom. The van der Waals surface area contributed by atoms with Gasteiger partial charge in [-0.25, -0.2) is 16.8 Å². The van der Waals surface area contributed by atoms with Crippen LogP contribution >= 0.6 is 0 Å². The highest BCUT2D eigenvalue weighted by atomic mass is 32.2. The normalized spacial score (nSPS) is 19.5. The number of carbonyl (C=O) groups excluding carboxylic acids is 2. The van der Waals surface area contributed by atoms with Crippen LogP contribution in [-0.2, 0) is 72.1 Å². The minimum atomic E-state index is -4.98. The summed E-state index contributed by atoms with van der Waals surface area (Å²) >= 11 is 0. The van der Waals surface area contributed by atoms with Gasteiger partial charge in [0.05, 0.1) is 48.4 Å². The number of ether oxygens (including phenoxy) is 6. The van der Waals surface area contributed by atoms with Crippen molar-refractivity contribution in [1.82, 2.24) is 8.61 Å². The van der Waals surface area contributed by atoms with Crippen molar-refractivity contribution in [2.24, 2.45) is 0 Å². The molecule has 4 fully saturated rings. The molecule has 4 N–H and O–H groups in total. The Bertz CT molecular complexity index is 2900. The van der Waals surface area contributed by atoms with Crippen molar-refractivity contribution < 1.29 is 80.8 Å². The van der Waals surface area contributed by atoms with Crippen molar-refractivity contribution in [3.8, 4) is 11.5 Å². The van der Waals surface area contributed by atoms with Crippen molar-refractivity contribution in [3.63, 3.8) is 0 Å². The molecule has 390 valence electrons. The quantitative estimate of drug-likeness (QED) is 0.0975. The molecule has 8 rings (SSSR count). The van der Waals surface area contributed by atoms with E-state index in [2.05, 4.69) is 10.6 Å². The molecule has 26 heteroatoms. The summed E-state index contributed by atoms with van der Waals surface area (Å²) in [6.07, 6.45) is 2.22. The molecule has 4 aliphatic rings. The second kappa shape index (κ2) is 22.6. The number of aryl methyl sites for hydroxylation is 2. The highest BCUT2D eigenvalue weighted by Crippen LogP contribution is 2.33. The molecule has 0 aliphatic carbocycles. The van der Waals surface area contributed by atoms with E-state index in [4.69, 9.17) is 28.4 Å². The van der Waals surface area contributed by atoms with Crippen molar-refractivity contribution >= 4 is 63.5 Å². The number of amides is 2. The summed E-state index contributed by atoms with van der Waals surface area (Å²) in [5.74, 6) is -1.64. The van der Waals surface area contributed by atoms with E-state index < -0.39 is 61.9 Å². The van der Waals surface area contributed by atoms with E-state index in [1.807, 2.05) is 0 Å². The van der Waals surface area contributed by atoms with Crippen LogP contribution in [0.25, 0.3) is 0 Å². The van der Waals surface area contributed by atoms with Gasteiger partial charge in [-0.1, -0.05) is 12.1 Å². The zero-order chi connectivity index (χ0) is 51.3. The average Bonchev–Trinajstić information content (AvgIpc) is 4.10. The number of morpholine rings is 2. The predicted molar refractivity (Wildman–Crippen MR) is 257 cm³/mol. The zero-order valence-corrected chi connectivity index (χ0v) is 42.0. The summed E-state index contributed by atoms with van der Waals surface area (Å²) < 4.78 is 163. The van der Waals surface area contributed by atoms with Crippen molar-refractivity contribution in [2.75, 3.05) is 89.7 Å². The summed E-state index contributed by atoms with van der Waals surface area (Å²) in [6.45, 7) is 2.28. The predicted octanol–water partition coefficient (Wildman–Crippen LogP) is 3.63. The van der Waals surface area contributed by atoms with Gasteiger partial charge in [-0.05, 0) is 110 Å². The fourth-order valence-corrected chi connectivity index (χ4v) is 13.2. The molecule has 2 unspecified atom stereocenters. The lowest BCUT2D eigenvalue weighted by molar-refractivity contribution is 0.0661. The van der Waals surface area contributed by atoms with Gasteiger partial charge in [0, 0.05) is 61.9 Å². The fraction of sp³-hybridized carbons (Fsp3) is 0.435. The first kappa shape index (κ1) is 53.2. The molecule has 4 aromatic rings. The Kier molecular flexibility index (Phi) is 16.7. The monoisotopic (exact) mass is 1080 g/mol. The molecule has 4 saturated heterocycles. The van der Waals surface area contributed by atoms with E-state index in [-0.39, 0.29) is 146 Å². The molecular formula is C46H54N4O18S4. The molecule has 0 spiro atoms. The van der Waals surface area contributed by atoms with E-state index in [9.17, 15) is 52.4 Å². The number of rotatable bonds is 19. The molecule has 0 aromatic heterocycles. The number of hydrogen-bond donors (Lipinski definition) is 4. The van der Waals surface area contributed by atoms with E-state index in [1.54, 1.807) is 0 Å². The first-order chi connectivity index (χ1) is 34.3. The molecule has 2 amide bonds. The minimum Gasteiger partial charge on any atom is -0.489 e. The topological polar surface area (TPSA) is 297 Å². The molecule has 4 heterocycles. The maximum atomic E-state index is 13.9. The zero-order valence-electron chi connectivity index (χ0n) is 38.8. The second-order valence-corrected chi connectivity index (χ2v) is 23.8. The summed E-state index contributed by atoms with van der Waals surface area (Å²) in [4.78, 5) is 25.5. The first-order valence-electron chi connectivity index (χ1n) is 23.0. The number of carbonyl (C=O) groups is 2. The number of nitrogens with one attached hydrogen (secondary N) is 2. The third kappa shape index (κ3) is 12.8. The van der Waals surface area contributed by atoms with Gasteiger partial charge in [-0.3, -0.25) is 18.7 Å². The lowest BCUT2D eigenvalue weighted by Crippen LogP contribution is -2.40. The van der Waals surface area contributed by atoms with Crippen molar-refractivity contribution in [2.45, 2.75) is 70.3 Å². The van der Waals surface area contributed by atoms with Gasteiger partial charge in [-0.2, -0.15) is 25.4 Å². The Labute approximate surface area is 417 Å². The van der Waals surface area contributed by atoms with E-state index in [0.29, 0.717) is 13.2 Å². The number of hydrogen-bond acceptors (Lipinski definition) is 16. The highest BCUT2D eigenvalue weighted by Gasteiger charge is 2.33. The van der Waals surface area contributed by atoms with Crippen molar-refractivity contribution in [3.05, 3.63) is 95.1 Å². The largest absolute Gasteiger partial charge is 0.489 e. The molecular weight excluding hydrogens is 1020 g/mol. The lowest BCUT2D eigenvalue weighted by atomic mass is 10.0. The first-order valence-corrected chi connectivity index (χ1v) is 28.8. The average molecular weight is 1080 g/mol. The fourth-order valence-electron chi connectivity index (χ4n) is 8.54. The van der Waals surface area contributed by atoms with Crippen LogP contribution in [0.15, 0.2) is 92.4 Å². The molecule has 0 bridgehead atoms. The smallest absolute Gasteiger partial charge is 0.294 e. The molecule has 0 saturated carbocycles. The van der Waals surface area contributed by atoms with Crippen molar-refractivity contribution in [1.29, 1.82) is 0 Å². The molecule has 72 heavy (non-hydrogen) atoms. The summed E-state index contributed by atoms with van der Waals surface area (Å²) in [7, 11) is -18.3. The minimum absolute atomic E-state index is 0.00756. The number of sulfonamides is 2. The molecule has 0 radical (unpaired) electrons.